The molecule has 1 aliphatic rings. The average molecular weight is 401 g/mol. The molecule has 0 atom stereocenters. The summed E-state index contributed by atoms with van der Waals surface area (Å²) in [5.74, 6) is 1.25. The van der Waals surface area contributed by atoms with Crippen molar-refractivity contribution in [1.29, 1.82) is 0 Å². The lowest BCUT2D eigenvalue weighted by atomic mass is 10.1. The van der Waals surface area contributed by atoms with Crippen LogP contribution in [0, 0.1) is 0 Å². The largest absolute Gasteiger partial charge is 0.416 e. The van der Waals surface area contributed by atoms with Crippen molar-refractivity contribution in [2.24, 2.45) is 0 Å². The Bertz CT molecular complexity index is 978. The van der Waals surface area contributed by atoms with Crippen molar-refractivity contribution >= 4 is 11.7 Å². The van der Waals surface area contributed by atoms with Gasteiger partial charge in [-0.05, 0) is 36.4 Å². The lowest BCUT2D eigenvalue weighted by molar-refractivity contribution is -0.137. The standard InChI is InChI=1S/C20H18F3N5O/c21-20(22,23)16-5-3-15(4-6-16)19(29)28-11-9-27(10-12-28)18-13-17(24-14-25-18)26-7-1-2-8-26/h1-8,13-14H,9-12H2. The Labute approximate surface area is 165 Å². The van der Waals surface area contributed by atoms with Gasteiger partial charge in [-0.1, -0.05) is 0 Å². The quantitative estimate of drug-likeness (QED) is 0.676. The number of piperazine rings is 1. The molecule has 1 amide bonds. The lowest BCUT2D eigenvalue weighted by Gasteiger charge is -2.35. The Morgan fingerprint density at radius 1 is 0.897 bits per heavy atom. The number of nitrogens with zero attached hydrogens (tertiary/aromatic N) is 5. The summed E-state index contributed by atoms with van der Waals surface area (Å²) in [6.45, 7) is 2.08. The number of hydrogen-bond donors (Lipinski definition) is 0. The monoisotopic (exact) mass is 401 g/mol. The van der Waals surface area contributed by atoms with E-state index in [2.05, 4.69) is 14.9 Å². The van der Waals surface area contributed by atoms with Crippen LogP contribution in [0.2, 0.25) is 0 Å². The van der Waals surface area contributed by atoms with Crippen LogP contribution in [0.5, 0.6) is 0 Å². The molecule has 3 aromatic rings. The first-order valence-electron chi connectivity index (χ1n) is 9.09. The van der Waals surface area contributed by atoms with Gasteiger partial charge < -0.3 is 14.4 Å². The zero-order valence-electron chi connectivity index (χ0n) is 15.4. The van der Waals surface area contributed by atoms with Crippen LogP contribution in [0.1, 0.15) is 15.9 Å². The molecule has 0 radical (unpaired) electrons. The molecule has 0 spiro atoms. The second kappa shape index (κ2) is 7.57. The molecule has 150 valence electrons. The van der Waals surface area contributed by atoms with Crippen molar-refractivity contribution in [2.75, 3.05) is 31.1 Å². The molecule has 4 rings (SSSR count). The highest BCUT2D eigenvalue weighted by Gasteiger charge is 2.30. The van der Waals surface area contributed by atoms with Gasteiger partial charge in [0.15, 0.2) is 0 Å². The molecular weight excluding hydrogens is 383 g/mol. The highest BCUT2D eigenvalue weighted by molar-refractivity contribution is 5.94. The minimum Gasteiger partial charge on any atom is -0.353 e. The molecule has 29 heavy (non-hydrogen) atoms. The Balaban J connectivity index is 1.40. The number of rotatable bonds is 3. The molecule has 6 nitrogen and oxygen atoms in total. The maximum Gasteiger partial charge on any atom is 0.416 e. The summed E-state index contributed by atoms with van der Waals surface area (Å²) in [6.07, 6.45) is 0.883. The van der Waals surface area contributed by atoms with E-state index in [0.29, 0.717) is 26.2 Å². The van der Waals surface area contributed by atoms with Gasteiger partial charge in [-0.2, -0.15) is 13.2 Å². The average Bonchev–Trinajstić information content (AvgIpc) is 3.28. The number of anilines is 1. The molecule has 0 N–H and O–H groups in total. The van der Waals surface area contributed by atoms with E-state index in [1.165, 1.54) is 18.5 Å². The summed E-state index contributed by atoms with van der Waals surface area (Å²) in [6, 6.07) is 10.0. The van der Waals surface area contributed by atoms with Gasteiger partial charge in [0.25, 0.3) is 5.91 Å². The smallest absolute Gasteiger partial charge is 0.353 e. The molecule has 1 fully saturated rings. The Morgan fingerprint density at radius 2 is 1.52 bits per heavy atom. The van der Waals surface area contributed by atoms with Gasteiger partial charge in [-0.25, -0.2) is 9.97 Å². The van der Waals surface area contributed by atoms with E-state index in [9.17, 15) is 18.0 Å². The second-order valence-corrected chi connectivity index (χ2v) is 6.68. The van der Waals surface area contributed by atoms with Gasteiger partial charge in [0.1, 0.15) is 18.0 Å². The first kappa shape index (κ1) is 19.0. The molecule has 2 aromatic heterocycles. The van der Waals surface area contributed by atoms with E-state index in [-0.39, 0.29) is 11.5 Å². The zero-order chi connectivity index (χ0) is 20.4. The molecule has 1 aromatic carbocycles. The van der Waals surface area contributed by atoms with Gasteiger partial charge in [0.05, 0.1) is 5.56 Å². The minimum atomic E-state index is -4.41. The van der Waals surface area contributed by atoms with Crippen molar-refractivity contribution in [3.05, 3.63) is 72.3 Å². The lowest BCUT2D eigenvalue weighted by Crippen LogP contribution is -2.49. The number of aromatic nitrogens is 3. The number of halogens is 3. The van der Waals surface area contributed by atoms with Gasteiger partial charge in [-0.15, -0.1) is 0 Å². The van der Waals surface area contributed by atoms with Crippen LogP contribution in [0.4, 0.5) is 19.0 Å². The van der Waals surface area contributed by atoms with Crippen molar-refractivity contribution in [3.63, 3.8) is 0 Å². The molecular formula is C20H18F3N5O. The highest BCUT2D eigenvalue weighted by Crippen LogP contribution is 2.29. The molecule has 1 saturated heterocycles. The molecule has 1 aliphatic heterocycles. The number of amides is 1. The zero-order valence-corrected chi connectivity index (χ0v) is 15.4. The number of hydrogen-bond acceptors (Lipinski definition) is 4. The normalized spacial score (nSPS) is 14.9. The van der Waals surface area contributed by atoms with Crippen molar-refractivity contribution in [2.45, 2.75) is 6.18 Å². The topological polar surface area (TPSA) is 54.3 Å². The van der Waals surface area contributed by atoms with Gasteiger partial charge in [-0.3, -0.25) is 4.79 Å². The third-order valence-corrected chi connectivity index (χ3v) is 4.86. The fourth-order valence-corrected chi connectivity index (χ4v) is 3.26. The molecule has 3 heterocycles. The van der Waals surface area contributed by atoms with E-state index < -0.39 is 11.7 Å². The van der Waals surface area contributed by atoms with Crippen molar-refractivity contribution < 1.29 is 18.0 Å². The first-order valence-corrected chi connectivity index (χ1v) is 9.09. The SMILES string of the molecule is O=C(c1ccc(C(F)(F)F)cc1)N1CCN(c2cc(-n3cccc3)ncn2)CC1. The van der Waals surface area contributed by atoms with E-state index in [4.69, 9.17) is 0 Å². The Hall–Kier alpha value is -3.36. The maximum absolute atomic E-state index is 12.7. The summed E-state index contributed by atoms with van der Waals surface area (Å²) in [5.41, 5.74) is -0.510. The highest BCUT2D eigenvalue weighted by atomic mass is 19.4. The minimum absolute atomic E-state index is 0.253. The summed E-state index contributed by atoms with van der Waals surface area (Å²) >= 11 is 0. The summed E-state index contributed by atoms with van der Waals surface area (Å²) in [4.78, 5) is 24.9. The second-order valence-electron chi connectivity index (χ2n) is 6.68. The van der Waals surface area contributed by atoms with Gasteiger partial charge >= 0.3 is 6.18 Å². The van der Waals surface area contributed by atoms with Crippen LogP contribution in [0.3, 0.4) is 0 Å². The predicted molar refractivity (Wildman–Crippen MR) is 101 cm³/mol. The van der Waals surface area contributed by atoms with Crippen LogP contribution in [-0.4, -0.2) is 51.5 Å². The Kier molecular flexibility index (Phi) is 4.96. The third-order valence-electron chi connectivity index (χ3n) is 4.86. The predicted octanol–water partition coefficient (Wildman–Crippen LogP) is 3.25. The van der Waals surface area contributed by atoms with Gasteiger partial charge in [0, 0.05) is 50.2 Å². The third kappa shape index (κ3) is 4.08. The summed E-state index contributed by atoms with van der Waals surface area (Å²) in [5, 5.41) is 0. The fraction of sp³-hybridized carbons (Fsp3) is 0.250. The number of carbonyl (C=O) groups excluding carboxylic acids is 1. The van der Waals surface area contributed by atoms with Crippen molar-refractivity contribution in [3.8, 4) is 5.82 Å². The van der Waals surface area contributed by atoms with Crippen LogP contribution in [-0.2, 0) is 6.18 Å². The van der Waals surface area contributed by atoms with E-state index in [1.807, 2.05) is 35.2 Å². The van der Waals surface area contributed by atoms with E-state index in [0.717, 1.165) is 23.8 Å². The first-order chi connectivity index (χ1) is 13.9. The Morgan fingerprint density at radius 3 is 2.14 bits per heavy atom. The van der Waals surface area contributed by atoms with Gasteiger partial charge in [0.2, 0.25) is 0 Å². The van der Waals surface area contributed by atoms with Crippen molar-refractivity contribution in [1.82, 2.24) is 19.4 Å². The van der Waals surface area contributed by atoms with Crippen LogP contribution in [0.25, 0.3) is 5.82 Å². The molecule has 0 unspecified atom stereocenters. The number of benzene rings is 1. The number of alkyl halides is 3. The van der Waals surface area contributed by atoms with Crippen LogP contribution >= 0.6 is 0 Å². The van der Waals surface area contributed by atoms with E-state index >= 15 is 0 Å². The molecule has 0 aliphatic carbocycles. The summed E-state index contributed by atoms with van der Waals surface area (Å²) in [7, 11) is 0. The van der Waals surface area contributed by atoms with Crippen LogP contribution < -0.4 is 4.90 Å². The number of carbonyl (C=O) groups is 1. The summed E-state index contributed by atoms with van der Waals surface area (Å²) < 4.78 is 39.9. The molecule has 0 bridgehead atoms. The molecule has 9 heteroatoms. The van der Waals surface area contributed by atoms with Crippen LogP contribution in [0.15, 0.2) is 61.2 Å². The molecule has 0 saturated carbocycles. The fourth-order valence-electron chi connectivity index (χ4n) is 3.26. The maximum atomic E-state index is 12.7. The van der Waals surface area contributed by atoms with E-state index in [1.54, 1.807) is 4.90 Å².